The zero-order chi connectivity index (χ0) is 20.4. The standard InChI is InChI=1S/C22H15N2O4.Y/c25-20-19-17(7-4-8-18(19)23-22(27)24-20)15-9-11-16(12-10-15)21(26)28-13-14-5-2-1-3-6-14;/h1-11H,13H2,(H2,23,24,25,27);. The van der Waals surface area contributed by atoms with Crippen molar-refractivity contribution in [2.45, 2.75) is 6.61 Å². The van der Waals surface area contributed by atoms with Crippen molar-refractivity contribution in [1.29, 1.82) is 0 Å². The van der Waals surface area contributed by atoms with E-state index in [0.29, 0.717) is 53.0 Å². The molecule has 140 valence electrons. The number of fused-ring (bicyclic) bond motifs is 1. The fraction of sp³-hybridized carbons (Fsp3) is 0.0455. The number of rotatable bonds is 4. The second kappa shape index (κ2) is 8.27. The Hall–Kier alpha value is -2.83. The summed E-state index contributed by atoms with van der Waals surface area (Å²) in [6.45, 7) is 0.216. The van der Waals surface area contributed by atoms with Gasteiger partial charge in [-0.1, -0.05) is 0 Å². The molecule has 29 heavy (non-hydrogen) atoms. The van der Waals surface area contributed by atoms with Crippen molar-refractivity contribution in [3.8, 4) is 11.1 Å². The van der Waals surface area contributed by atoms with Crippen LogP contribution in [0.1, 0.15) is 15.9 Å². The van der Waals surface area contributed by atoms with Crippen LogP contribution < -0.4 is 13.6 Å². The van der Waals surface area contributed by atoms with Crippen molar-refractivity contribution in [2.75, 3.05) is 0 Å². The molecule has 0 radical (unpaired) electrons. The molecule has 4 rings (SSSR count). The van der Waals surface area contributed by atoms with Gasteiger partial charge in [0.05, 0.1) is 0 Å². The van der Waals surface area contributed by atoms with Crippen LogP contribution >= 0.6 is 0 Å². The molecule has 0 amide bonds. The summed E-state index contributed by atoms with van der Waals surface area (Å²) in [5.41, 5.74) is 2.43. The number of carbonyl (C=O) groups excluding carboxylic acids is 1. The maximum atomic E-state index is 12.5. The van der Waals surface area contributed by atoms with Gasteiger partial charge in [0.1, 0.15) is 0 Å². The van der Waals surface area contributed by atoms with Gasteiger partial charge in [-0.25, -0.2) is 0 Å². The molecule has 1 heterocycles. The average Bonchev–Trinajstić information content (AvgIpc) is 2.72. The minimum atomic E-state index is -0.542. The number of esters is 1. The van der Waals surface area contributed by atoms with Crippen LogP contribution in [0.3, 0.4) is 0 Å². The van der Waals surface area contributed by atoms with Crippen molar-refractivity contribution in [3.05, 3.63) is 98.7 Å². The van der Waals surface area contributed by atoms with E-state index in [1.807, 2.05) is 42.5 Å². The van der Waals surface area contributed by atoms with Crippen molar-refractivity contribution in [1.82, 2.24) is 9.97 Å². The second-order valence-electron chi connectivity index (χ2n) is 6.50. The first kappa shape index (κ1) is 19.5. The van der Waals surface area contributed by atoms with Crippen LogP contribution in [0.15, 0.2) is 76.3 Å². The molecular formula is C22H15N2O4Y. The van der Waals surface area contributed by atoms with Gasteiger partial charge in [0.2, 0.25) is 0 Å². The number of benzene rings is 3. The molecule has 0 aliphatic carbocycles. The topological polar surface area (TPSA) is 92.0 Å². The van der Waals surface area contributed by atoms with Crippen LogP contribution in [0.5, 0.6) is 0 Å². The van der Waals surface area contributed by atoms with Gasteiger partial charge in [0.15, 0.2) is 0 Å². The SMILES string of the molecule is O=C(OCc1ccccc1)c1ccc(-c2cccc3[nH]c(=O)[nH]c(=O)c23)c[c]1[Y]. The van der Waals surface area contributed by atoms with Crippen LogP contribution in [0.25, 0.3) is 22.0 Å². The summed E-state index contributed by atoms with van der Waals surface area (Å²) >= 11 is 0.709. The molecule has 0 spiro atoms. The molecule has 0 unspecified atom stereocenters. The van der Waals surface area contributed by atoms with Crippen molar-refractivity contribution >= 4 is 19.2 Å². The van der Waals surface area contributed by atoms with Gasteiger partial charge in [-0.05, 0) is 0 Å². The van der Waals surface area contributed by atoms with Gasteiger partial charge in [-0.15, -0.1) is 0 Å². The van der Waals surface area contributed by atoms with E-state index in [9.17, 15) is 14.4 Å². The van der Waals surface area contributed by atoms with Crippen LogP contribution in [-0.4, -0.2) is 15.9 Å². The molecule has 0 aliphatic rings. The zero-order valence-electron chi connectivity index (χ0n) is 15.3. The minimum absolute atomic E-state index is 0.216. The number of nitrogens with one attached hydrogen (secondary N) is 2. The fourth-order valence-electron chi connectivity index (χ4n) is 3.18. The average molecular weight is 460 g/mol. The molecule has 0 atom stereocenters. The van der Waals surface area contributed by atoms with Gasteiger partial charge >= 0.3 is 186 Å². The van der Waals surface area contributed by atoms with E-state index in [0.717, 1.165) is 13.5 Å². The predicted molar refractivity (Wildman–Crippen MR) is 106 cm³/mol. The third kappa shape index (κ3) is 4.14. The predicted octanol–water partition coefficient (Wildman–Crippen LogP) is 2.41. The van der Waals surface area contributed by atoms with E-state index < -0.39 is 11.2 Å². The third-order valence-electron chi connectivity index (χ3n) is 4.56. The van der Waals surface area contributed by atoms with Crippen molar-refractivity contribution < 1.29 is 40.5 Å². The first-order valence-electron chi connectivity index (χ1n) is 8.89. The Morgan fingerprint density at radius 3 is 2.48 bits per heavy atom. The Morgan fingerprint density at radius 2 is 1.72 bits per heavy atom. The van der Waals surface area contributed by atoms with Crippen LogP contribution in [0, 0.1) is 0 Å². The molecule has 2 N–H and O–H groups in total. The third-order valence-corrected chi connectivity index (χ3v) is 5.74. The van der Waals surface area contributed by atoms with Gasteiger partial charge in [0, 0.05) is 0 Å². The van der Waals surface area contributed by atoms with E-state index in [1.165, 1.54) is 0 Å². The van der Waals surface area contributed by atoms with Crippen molar-refractivity contribution in [2.24, 2.45) is 0 Å². The van der Waals surface area contributed by atoms with Crippen LogP contribution in [0.4, 0.5) is 0 Å². The van der Waals surface area contributed by atoms with Crippen LogP contribution in [-0.2, 0) is 42.3 Å². The summed E-state index contributed by atoms with van der Waals surface area (Å²) in [7, 11) is 0. The van der Waals surface area contributed by atoms with E-state index in [2.05, 4.69) is 9.97 Å². The molecule has 6 nitrogen and oxygen atoms in total. The van der Waals surface area contributed by atoms with Crippen molar-refractivity contribution in [3.63, 3.8) is 0 Å². The number of ether oxygens (including phenoxy) is 1. The van der Waals surface area contributed by atoms with E-state index in [-0.39, 0.29) is 12.6 Å². The Labute approximate surface area is 185 Å². The summed E-state index contributed by atoms with van der Waals surface area (Å²) in [5.74, 6) is -0.372. The summed E-state index contributed by atoms with van der Waals surface area (Å²) in [6.07, 6.45) is 0. The Morgan fingerprint density at radius 1 is 0.931 bits per heavy atom. The summed E-state index contributed by atoms with van der Waals surface area (Å²) < 4.78 is 6.29. The van der Waals surface area contributed by atoms with E-state index in [4.69, 9.17) is 4.74 Å². The van der Waals surface area contributed by atoms with Crippen LogP contribution in [0.2, 0.25) is 0 Å². The molecule has 1 aromatic heterocycles. The van der Waals surface area contributed by atoms with Gasteiger partial charge in [-0.2, -0.15) is 0 Å². The Kier molecular flexibility index (Phi) is 5.56. The number of hydrogen-bond acceptors (Lipinski definition) is 4. The number of aromatic amines is 2. The summed E-state index contributed by atoms with van der Waals surface area (Å²) in [5, 5.41) is 0.409. The number of aromatic nitrogens is 2. The molecule has 0 bridgehead atoms. The number of hydrogen-bond donors (Lipinski definition) is 2. The van der Waals surface area contributed by atoms with Gasteiger partial charge < -0.3 is 0 Å². The molecule has 4 aromatic rings. The summed E-state index contributed by atoms with van der Waals surface area (Å²) in [6, 6.07) is 20.2. The monoisotopic (exact) mass is 460 g/mol. The zero-order valence-corrected chi connectivity index (χ0v) is 18.1. The quantitative estimate of drug-likeness (QED) is 0.458. The second-order valence-corrected chi connectivity index (χ2v) is 8.03. The summed E-state index contributed by atoms with van der Waals surface area (Å²) in [4.78, 5) is 41.3. The number of H-pyrrole nitrogens is 2. The Balaban J connectivity index is 1.66. The molecule has 0 aliphatic heterocycles. The van der Waals surface area contributed by atoms with Gasteiger partial charge in [0.25, 0.3) is 0 Å². The molecular weight excluding hydrogens is 445 g/mol. The Bertz CT molecular complexity index is 1330. The fourth-order valence-corrected chi connectivity index (χ4v) is 4.15. The first-order chi connectivity index (χ1) is 14.0. The van der Waals surface area contributed by atoms with E-state index >= 15 is 0 Å². The molecule has 0 fully saturated rings. The molecule has 7 heteroatoms. The van der Waals surface area contributed by atoms with E-state index in [1.54, 1.807) is 24.3 Å². The van der Waals surface area contributed by atoms with Gasteiger partial charge in [-0.3, -0.25) is 0 Å². The maximum absolute atomic E-state index is 12.5. The first-order valence-corrected chi connectivity index (χ1v) is 10.3. The number of carbonyl (C=O) groups is 1. The normalized spacial score (nSPS) is 10.7. The molecule has 0 saturated carbocycles. The molecule has 3 aromatic carbocycles. The molecule has 0 saturated heterocycles.